The van der Waals surface area contributed by atoms with E-state index in [0.29, 0.717) is 11.0 Å². The molecule has 1 heterocycles. The van der Waals surface area contributed by atoms with Crippen molar-refractivity contribution in [2.45, 2.75) is 82.5 Å². The summed E-state index contributed by atoms with van der Waals surface area (Å²) in [7, 11) is -4.10. The van der Waals surface area contributed by atoms with Crippen molar-refractivity contribution in [2.24, 2.45) is 11.3 Å². The van der Waals surface area contributed by atoms with Crippen molar-refractivity contribution in [1.29, 1.82) is 0 Å². The molecule has 1 aliphatic rings. The summed E-state index contributed by atoms with van der Waals surface area (Å²) in [5.41, 5.74) is 1.35. The number of hydrogen-bond acceptors (Lipinski definition) is 8. The normalized spacial score (nSPS) is 16.0. The minimum Gasteiger partial charge on any atom is -0.390 e. The SMILES string of the molecule is CC(C)CN(C[C@@H](O)[C@H](Cc1ccccc1)NC(=O)C(NC(=O)CNC1(c2cccc(F)c2)CC1)C(C)(C)C)S(=O)(=O)c1ccc2nccnc2c1. The molecule has 5 rings (SSSR count). The van der Waals surface area contributed by atoms with Crippen LogP contribution in [0.1, 0.15) is 58.6 Å². The Kier molecular flexibility index (Phi) is 12.1. The van der Waals surface area contributed by atoms with E-state index in [4.69, 9.17) is 0 Å². The predicted molar refractivity (Wildman–Crippen MR) is 198 cm³/mol. The van der Waals surface area contributed by atoms with Gasteiger partial charge in [-0.05, 0) is 72.1 Å². The lowest BCUT2D eigenvalue weighted by molar-refractivity contribution is -0.132. The lowest BCUT2D eigenvalue weighted by Gasteiger charge is -2.34. The lowest BCUT2D eigenvalue weighted by Crippen LogP contribution is -2.59. The van der Waals surface area contributed by atoms with E-state index in [1.807, 2.05) is 71.0 Å². The van der Waals surface area contributed by atoms with Gasteiger partial charge in [-0.3, -0.25) is 24.9 Å². The maximum atomic E-state index is 14.1. The number of benzene rings is 3. The topological polar surface area (TPSA) is 154 Å². The van der Waals surface area contributed by atoms with Crippen molar-refractivity contribution in [2.75, 3.05) is 19.6 Å². The van der Waals surface area contributed by atoms with Crippen LogP contribution in [-0.2, 0) is 31.6 Å². The van der Waals surface area contributed by atoms with Crippen molar-refractivity contribution in [1.82, 2.24) is 30.2 Å². The van der Waals surface area contributed by atoms with Crippen LogP contribution >= 0.6 is 0 Å². The maximum Gasteiger partial charge on any atom is 0.243 e. The number of aromatic nitrogens is 2. The molecule has 1 aliphatic carbocycles. The van der Waals surface area contributed by atoms with Gasteiger partial charge in [-0.15, -0.1) is 0 Å². The van der Waals surface area contributed by atoms with Crippen LogP contribution in [0.15, 0.2) is 90.1 Å². The molecule has 0 spiro atoms. The standard InChI is InChI=1S/C39H49FN6O5S/c1-26(2)24-46(52(50,51)30-14-15-31-32(22-30)42-19-18-41-31)25-34(47)33(20-27-10-7-6-8-11-27)44-37(49)36(38(3,4)5)45-35(48)23-43-39(16-17-39)28-12-9-13-29(40)21-28/h6-15,18-19,21-22,26,33-34,36,43,47H,16-17,20,23-25H2,1-5H3,(H,44,49)(H,45,48)/t33-,34+,36?/m0/s1. The van der Waals surface area contributed by atoms with Crippen LogP contribution in [0.2, 0.25) is 0 Å². The van der Waals surface area contributed by atoms with E-state index in [1.54, 1.807) is 12.1 Å². The third kappa shape index (κ3) is 9.77. The molecule has 278 valence electrons. The van der Waals surface area contributed by atoms with Crippen molar-refractivity contribution in [3.8, 4) is 0 Å². The van der Waals surface area contributed by atoms with E-state index in [-0.39, 0.29) is 42.7 Å². The molecular weight excluding hydrogens is 684 g/mol. The molecule has 3 aromatic carbocycles. The van der Waals surface area contributed by atoms with Crippen LogP contribution in [0.4, 0.5) is 4.39 Å². The highest BCUT2D eigenvalue weighted by Crippen LogP contribution is 2.45. The van der Waals surface area contributed by atoms with Crippen LogP contribution in [0, 0.1) is 17.2 Å². The Balaban J connectivity index is 1.34. The fourth-order valence-electron chi connectivity index (χ4n) is 6.30. The van der Waals surface area contributed by atoms with Crippen molar-refractivity contribution in [3.63, 3.8) is 0 Å². The number of nitrogens with zero attached hydrogens (tertiary/aromatic N) is 3. The zero-order chi connectivity index (χ0) is 37.7. The lowest BCUT2D eigenvalue weighted by atomic mass is 9.85. The zero-order valence-corrected chi connectivity index (χ0v) is 31.2. The van der Waals surface area contributed by atoms with Gasteiger partial charge < -0.3 is 15.7 Å². The van der Waals surface area contributed by atoms with Gasteiger partial charge in [0.15, 0.2) is 0 Å². The predicted octanol–water partition coefficient (Wildman–Crippen LogP) is 4.31. The van der Waals surface area contributed by atoms with Gasteiger partial charge in [0.1, 0.15) is 11.9 Å². The summed E-state index contributed by atoms with van der Waals surface area (Å²) >= 11 is 0. The molecule has 4 N–H and O–H groups in total. The minimum absolute atomic E-state index is 0.0199. The van der Waals surface area contributed by atoms with E-state index in [9.17, 15) is 27.5 Å². The summed E-state index contributed by atoms with van der Waals surface area (Å²) in [4.78, 5) is 35.9. The summed E-state index contributed by atoms with van der Waals surface area (Å²) in [6.07, 6.45) is 3.42. The molecule has 2 amide bonds. The number of carbonyl (C=O) groups excluding carboxylic acids is 2. The summed E-state index contributed by atoms with van der Waals surface area (Å²) in [6.45, 7) is 8.99. The maximum absolute atomic E-state index is 14.1. The van der Waals surface area contributed by atoms with Gasteiger partial charge in [0, 0.05) is 31.0 Å². The molecule has 1 aromatic heterocycles. The quantitative estimate of drug-likeness (QED) is 0.133. The first kappa shape index (κ1) is 38.9. The number of halogens is 1. The average molecular weight is 733 g/mol. The van der Waals surface area contributed by atoms with Crippen LogP contribution in [0.3, 0.4) is 0 Å². The number of rotatable bonds is 16. The highest BCUT2D eigenvalue weighted by atomic mass is 32.2. The largest absolute Gasteiger partial charge is 0.390 e. The molecular formula is C39H49FN6O5S. The Morgan fingerprint density at radius 2 is 1.62 bits per heavy atom. The van der Waals surface area contributed by atoms with Crippen LogP contribution in [0.5, 0.6) is 0 Å². The molecule has 4 aromatic rings. The van der Waals surface area contributed by atoms with E-state index < -0.39 is 51.0 Å². The number of hydrogen-bond donors (Lipinski definition) is 4. The number of nitrogens with one attached hydrogen (secondary N) is 3. The summed E-state index contributed by atoms with van der Waals surface area (Å²) in [5, 5.41) is 20.9. The van der Waals surface area contributed by atoms with E-state index in [1.165, 1.54) is 41.0 Å². The van der Waals surface area contributed by atoms with E-state index in [2.05, 4.69) is 25.9 Å². The fraction of sp³-hybridized carbons (Fsp3) is 0.436. The smallest absolute Gasteiger partial charge is 0.243 e. The summed E-state index contributed by atoms with van der Waals surface area (Å²) in [5.74, 6) is -1.35. The van der Waals surface area contributed by atoms with Gasteiger partial charge in [0.05, 0.1) is 34.6 Å². The molecule has 13 heteroatoms. The second-order valence-electron chi connectivity index (χ2n) is 15.1. The minimum atomic E-state index is -4.10. The first-order valence-electron chi connectivity index (χ1n) is 17.6. The van der Waals surface area contributed by atoms with Crippen LogP contribution in [0.25, 0.3) is 11.0 Å². The Morgan fingerprint density at radius 1 is 0.923 bits per heavy atom. The number of aliphatic hydroxyl groups is 1. The molecule has 0 bridgehead atoms. The van der Waals surface area contributed by atoms with Gasteiger partial charge in [-0.25, -0.2) is 12.8 Å². The third-order valence-corrected chi connectivity index (χ3v) is 11.1. The van der Waals surface area contributed by atoms with Gasteiger partial charge in [-0.1, -0.05) is 77.1 Å². The van der Waals surface area contributed by atoms with Gasteiger partial charge in [0.25, 0.3) is 0 Å². The second-order valence-corrected chi connectivity index (χ2v) is 17.0. The van der Waals surface area contributed by atoms with Gasteiger partial charge in [0.2, 0.25) is 21.8 Å². The monoisotopic (exact) mass is 732 g/mol. The Morgan fingerprint density at radius 3 is 2.25 bits per heavy atom. The molecule has 11 nitrogen and oxygen atoms in total. The first-order chi connectivity index (χ1) is 24.6. The van der Waals surface area contributed by atoms with Gasteiger partial charge >= 0.3 is 0 Å². The van der Waals surface area contributed by atoms with Crippen molar-refractivity contribution in [3.05, 3.63) is 102 Å². The second kappa shape index (κ2) is 16.2. The van der Waals surface area contributed by atoms with E-state index >= 15 is 0 Å². The summed E-state index contributed by atoms with van der Waals surface area (Å²) < 4.78 is 43.3. The highest BCUT2D eigenvalue weighted by Gasteiger charge is 2.45. The first-order valence-corrected chi connectivity index (χ1v) is 19.1. The van der Waals surface area contributed by atoms with Crippen LogP contribution in [-0.4, -0.2) is 77.4 Å². The Labute approximate surface area is 305 Å². The number of sulfonamides is 1. The van der Waals surface area contributed by atoms with Crippen molar-refractivity contribution >= 4 is 32.9 Å². The molecule has 1 saturated carbocycles. The average Bonchev–Trinajstić information content (AvgIpc) is 3.90. The molecule has 0 aliphatic heterocycles. The molecule has 0 radical (unpaired) electrons. The van der Waals surface area contributed by atoms with Crippen LogP contribution < -0.4 is 16.0 Å². The third-order valence-electron chi connectivity index (χ3n) is 9.28. The van der Waals surface area contributed by atoms with Gasteiger partial charge in [-0.2, -0.15) is 4.31 Å². The summed E-state index contributed by atoms with van der Waals surface area (Å²) in [6, 6.07) is 18.2. The molecule has 1 unspecified atom stereocenters. The number of fused-ring (bicyclic) bond motifs is 1. The zero-order valence-electron chi connectivity index (χ0n) is 30.3. The molecule has 52 heavy (non-hydrogen) atoms. The van der Waals surface area contributed by atoms with E-state index in [0.717, 1.165) is 24.0 Å². The van der Waals surface area contributed by atoms with Crippen molar-refractivity contribution < 1.29 is 27.5 Å². The molecule has 1 fully saturated rings. The number of carbonyl (C=O) groups is 2. The highest BCUT2D eigenvalue weighted by molar-refractivity contribution is 7.89. The molecule has 0 saturated heterocycles. The fourth-order valence-corrected chi connectivity index (χ4v) is 7.94. The Hall–Kier alpha value is -4.30. The number of aliphatic hydroxyl groups excluding tert-OH is 1. The number of amides is 2. The Bertz CT molecular complexity index is 1970. The molecule has 3 atom stereocenters.